The third-order valence-electron chi connectivity index (χ3n) is 12.8. The summed E-state index contributed by atoms with van der Waals surface area (Å²) in [7, 11) is 0. The van der Waals surface area contributed by atoms with Crippen molar-refractivity contribution in [3.8, 4) is 55.6 Å². The molecule has 0 bridgehead atoms. The molecule has 0 amide bonds. The van der Waals surface area contributed by atoms with Crippen LogP contribution in [-0.4, -0.2) is 0 Å². The third kappa shape index (κ3) is 5.83. The average molecular weight is 773 g/mol. The summed E-state index contributed by atoms with van der Waals surface area (Å²) in [5.74, 6) is 0. The molecule has 0 saturated carbocycles. The van der Waals surface area contributed by atoms with Gasteiger partial charge in [-0.3, -0.25) is 0 Å². The SMILES string of the molecule is Cc1ccc2c(-c3ccc4ccccc4c3)c3cc(-c4ccc(-c5c6ccccc6c(-c6ccccc6)c6ccccc56)cc4)ccc3c(-c3ccc4ccccc4c3)c2c1. The first kappa shape index (κ1) is 35.2. The maximum Gasteiger partial charge on any atom is -0.00259 e. The van der Waals surface area contributed by atoms with Gasteiger partial charge in [0, 0.05) is 0 Å². The summed E-state index contributed by atoms with van der Waals surface area (Å²) in [6.07, 6.45) is 0. The normalized spacial score (nSPS) is 11.7. The molecule has 12 aromatic rings. The second-order valence-corrected chi connectivity index (χ2v) is 16.5. The molecule has 0 spiro atoms. The second kappa shape index (κ2) is 14.2. The highest BCUT2D eigenvalue weighted by molar-refractivity contribution is 6.24. The Kier molecular flexibility index (Phi) is 8.18. The van der Waals surface area contributed by atoms with Crippen molar-refractivity contribution in [2.24, 2.45) is 0 Å². The van der Waals surface area contributed by atoms with E-state index in [0.29, 0.717) is 0 Å². The summed E-state index contributed by atoms with van der Waals surface area (Å²) in [5, 5.41) is 15.1. The van der Waals surface area contributed by atoms with E-state index in [4.69, 9.17) is 0 Å². The monoisotopic (exact) mass is 772 g/mol. The Morgan fingerprint density at radius 1 is 0.197 bits per heavy atom. The zero-order chi connectivity index (χ0) is 40.4. The molecule has 0 aliphatic heterocycles. The fourth-order valence-electron chi connectivity index (χ4n) is 10.0. The fourth-order valence-corrected chi connectivity index (χ4v) is 10.0. The van der Waals surface area contributed by atoms with Crippen molar-refractivity contribution in [3.05, 3.63) is 230 Å². The van der Waals surface area contributed by atoms with Crippen molar-refractivity contribution >= 4 is 64.6 Å². The molecular weight excluding hydrogens is 733 g/mol. The maximum atomic E-state index is 2.44. The van der Waals surface area contributed by atoms with Crippen LogP contribution < -0.4 is 0 Å². The minimum atomic E-state index is 1.20. The maximum absolute atomic E-state index is 2.44. The second-order valence-electron chi connectivity index (χ2n) is 16.5. The van der Waals surface area contributed by atoms with Crippen LogP contribution in [0.3, 0.4) is 0 Å². The van der Waals surface area contributed by atoms with Gasteiger partial charge in [0.25, 0.3) is 0 Å². The van der Waals surface area contributed by atoms with Gasteiger partial charge < -0.3 is 0 Å². The lowest BCUT2D eigenvalue weighted by Gasteiger charge is -2.20. The molecule has 0 unspecified atom stereocenters. The van der Waals surface area contributed by atoms with Crippen molar-refractivity contribution in [2.75, 3.05) is 0 Å². The van der Waals surface area contributed by atoms with E-state index in [-0.39, 0.29) is 0 Å². The van der Waals surface area contributed by atoms with Gasteiger partial charge in [0.15, 0.2) is 0 Å². The molecule has 12 rings (SSSR count). The van der Waals surface area contributed by atoms with Gasteiger partial charge in [0.1, 0.15) is 0 Å². The van der Waals surface area contributed by atoms with Gasteiger partial charge in [-0.05, 0) is 145 Å². The predicted molar refractivity (Wildman–Crippen MR) is 263 cm³/mol. The first-order chi connectivity index (χ1) is 30.2. The Morgan fingerprint density at radius 2 is 0.557 bits per heavy atom. The number of hydrogen-bond donors (Lipinski definition) is 0. The van der Waals surface area contributed by atoms with E-state index in [9.17, 15) is 0 Å². The van der Waals surface area contributed by atoms with E-state index >= 15 is 0 Å². The lowest BCUT2D eigenvalue weighted by Crippen LogP contribution is -1.93. The van der Waals surface area contributed by atoms with E-state index < -0.39 is 0 Å². The molecule has 0 N–H and O–H groups in total. The molecule has 0 radical (unpaired) electrons. The highest BCUT2D eigenvalue weighted by Crippen LogP contribution is 2.47. The smallest absolute Gasteiger partial charge is 0.00259 e. The topological polar surface area (TPSA) is 0 Å². The van der Waals surface area contributed by atoms with E-state index in [1.165, 1.54) is 126 Å². The van der Waals surface area contributed by atoms with Gasteiger partial charge in [0.2, 0.25) is 0 Å². The lowest BCUT2D eigenvalue weighted by molar-refractivity contribution is 1.51. The molecule has 0 nitrogen and oxygen atoms in total. The molecule has 0 heteroatoms. The summed E-state index contributed by atoms with van der Waals surface area (Å²) < 4.78 is 0. The predicted octanol–water partition coefficient (Wildman–Crippen LogP) is 17.2. The van der Waals surface area contributed by atoms with E-state index in [1.807, 2.05) is 0 Å². The molecule has 0 atom stereocenters. The zero-order valence-corrected chi connectivity index (χ0v) is 33.9. The van der Waals surface area contributed by atoms with Crippen molar-refractivity contribution < 1.29 is 0 Å². The molecule has 0 aliphatic rings. The van der Waals surface area contributed by atoms with Crippen LogP contribution in [0.2, 0.25) is 0 Å². The molecule has 12 aromatic carbocycles. The van der Waals surface area contributed by atoms with Gasteiger partial charge >= 0.3 is 0 Å². The van der Waals surface area contributed by atoms with Crippen LogP contribution >= 0.6 is 0 Å². The van der Waals surface area contributed by atoms with Crippen LogP contribution in [0.1, 0.15) is 5.56 Å². The molecule has 284 valence electrons. The van der Waals surface area contributed by atoms with Crippen LogP contribution in [0.5, 0.6) is 0 Å². The van der Waals surface area contributed by atoms with Crippen molar-refractivity contribution in [3.63, 3.8) is 0 Å². The zero-order valence-electron chi connectivity index (χ0n) is 33.9. The quantitative estimate of drug-likeness (QED) is 0.153. The first-order valence-electron chi connectivity index (χ1n) is 21.2. The number of rotatable bonds is 5. The van der Waals surface area contributed by atoms with Gasteiger partial charge in [-0.15, -0.1) is 0 Å². The Hall–Kier alpha value is -7.80. The summed E-state index contributed by atoms with van der Waals surface area (Å²) in [6.45, 7) is 2.21. The van der Waals surface area contributed by atoms with Gasteiger partial charge in [-0.2, -0.15) is 0 Å². The highest BCUT2D eigenvalue weighted by Gasteiger charge is 2.20. The number of hydrogen-bond acceptors (Lipinski definition) is 0. The van der Waals surface area contributed by atoms with E-state index in [1.54, 1.807) is 0 Å². The van der Waals surface area contributed by atoms with Gasteiger partial charge in [0.05, 0.1) is 0 Å². The lowest BCUT2D eigenvalue weighted by atomic mass is 9.83. The van der Waals surface area contributed by atoms with E-state index in [2.05, 4.69) is 231 Å². The summed E-state index contributed by atoms with van der Waals surface area (Å²) in [4.78, 5) is 0. The Labute approximate surface area is 355 Å². The molecule has 0 heterocycles. The van der Waals surface area contributed by atoms with Gasteiger partial charge in [-0.1, -0.05) is 212 Å². The summed E-state index contributed by atoms with van der Waals surface area (Å²) >= 11 is 0. The largest absolute Gasteiger partial charge is 0.0622 e. The van der Waals surface area contributed by atoms with Crippen molar-refractivity contribution in [2.45, 2.75) is 6.92 Å². The van der Waals surface area contributed by atoms with Crippen LogP contribution in [0.15, 0.2) is 224 Å². The van der Waals surface area contributed by atoms with Gasteiger partial charge in [-0.25, -0.2) is 0 Å². The minimum absolute atomic E-state index is 1.20. The summed E-state index contributed by atoms with van der Waals surface area (Å²) in [5.41, 5.74) is 13.7. The van der Waals surface area contributed by atoms with Crippen LogP contribution in [0, 0.1) is 6.92 Å². The fraction of sp³-hybridized carbons (Fsp3) is 0.0164. The number of benzene rings is 12. The first-order valence-corrected chi connectivity index (χ1v) is 21.2. The molecule has 0 aromatic heterocycles. The third-order valence-corrected chi connectivity index (χ3v) is 12.8. The standard InChI is InChI=1S/C61H40/c1-39-23-33-54-56(35-39)60(48-30-26-40-13-5-7-17-45(40)36-48)55-34-32-47(38-57(55)61(54)49-31-27-41-14-6-8-18-46(41)37-49)42-24-28-44(29-25-42)59-52-21-11-9-19-50(52)58(43-15-3-2-4-16-43)51-20-10-12-22-53(51)59/h2-38H,1H3. The molecule has 61 heavy (non-hydrogen) atoms. The number of fused-ring (bicyclic) bond motifs is 6. The van der Waals surface area contributed by atoms with E-state index in [0.717, 1.165) is 0 Å². The molecule has 0 fully saturated rings. The van der Waals surface area contributed by atoms with Crippen LogP contribution in [0.4, 0.5) is 0 Å². The van der Waals surface area contributed by atoms with Crippen LogP contribution in [-0.2, 0) is 0 Å². The van der Waals surface area contributed by atoms with Crippen molar-refractivity contribution in [1.29, 1.82) is 0 Å². The summed E-state index contributed by atoms with van der Waals surface area (Å²) in [6, 6.07) is 83.3. The minimum Gasteiger partial charge on any atom is -0.0622 e. The Bertz CT molecular complexity index is 3630. The van der Waals surface area contributed by atoms with Crippen molar-refractivity contribution in [1.82, 2.24) is 0 Å². The molecular formula is C61H40. The highest BCUT2D eigenvalue weighted by atomic mass is 14.2. The Balaban J connectivity index is 1.08. The molecule has 0 saturated heterocycles. The average Bonchev–Trinajstić information content (AvgIpc) is 3.32. The number of aryl methyl sites for hydroxylation is 1. The Morgan fingerprint density at radius 3 is 1.10 bits per heavy atom. The van der Waals surface area contributed by atoms with Crippen LogP contribution in [0.25, 0.3) is 120 Å². The molecule has 0 aliphatic carbocycles.